The average molecular weight is 439 g/mol. The zero-order valence-corrected chi connectivity index (χ0v) is 18.1. The zero-order chi connectivity index (χ0) is 22.9. The first-order valence-electron chi connectivity index (χ1n) is 10.6. The Morgan fingerprint density at radius 1 is 1.22 bits per heavy atom. The van der Waals surface area contributed by atoms with Crippen molar-refractivity contribution in [2.24, 2.45) is 11.5 Å². The predicted molar refractivity (Wildman–Crippen MR) is 121 cm³/mol. The van der Waals surface area contributed by atoms with Gasteiger partial charge in [0, 0.05) is 12.2 Å². The predicted octanol–water partition coefficient (Wildman–Crippen LogP) is 3.02. The van der Waals surface area contributed by atoms with Crippen LogP contribution in [0.1, 0.15) is 48.5 Å². The van der Waals surface area contributed by atoms with E-state index in [1.807, 2.05) is 20.0 Å². The van der Waals surface area contributed by atoms with Crippen LogP contribution in [0.15, 0.2) is 36.9 Å². The number of primary amides is 1. The highest BCUT2D eigenvalue weighted by atomic mass is 19.1. The molecule has 0 saturated heterocycles. The molecule has 1 aliphatic carbocycles. The van der Waals surface area contributed by atoms with Crippen LogP contribution in [0.5, 0.6) is 0 Å². The zero-order valence-electron chi connectivity index (χ0n) is 18.1. The van der Waals surface area contributed by atoms with E-state index in [2.05, 4.69) is 25.7 Å². The number of nitrogens with two attached hydrogens (primary N) is 2. The Kier molecular flexibility index (Phi) is 5.79. The van der Waals surface area contributed by atoms with Gasteiger partial charge in [-0.2, -0.15) is 5.10 Å². The van der Waals surface area contributed by atoms with Crippen molar-refractivity contribution in [2.75, 3.05) is 10.6 Å². The summed E-state index contributed by atoms with van der Waals surface area (Å²) in [5.41, 5.74) is 13.5. The van der Waals surface area contributed by atoms with Crippen LogP contribution in [0.4, 0.5) is 21.7 Å². The Morgan fingerprint density at radius 2 is 1.97 bits per heavy atom. The summed E-state index contributed by atoms with van der Waals surface area (Å²) in [4.78, 5) is 20.6. The van der Waals surface area contributed by atoms with Crippen LogP contribution in [0.3, 0.4) is 0 Å². The van der Waals surface area contributed by atoms with E-state index in [-0.39, 0.29) is 23.2 Å². The maximum absolute atomic E-state index is 14.9. The minimum absolute atomic E-state index is 0.0310. The average Bonchev–Trinajstić information content (AvgIpc) is 3.40. The smallest absolute Gasteiger partial charge is 0.252 e. The Hall–Kier alpha value is -3.53. The molecule has 1 fully saturated rings. The van der Waals surface area contributed by atoms with Crippen LogP contribution in [0, 0.1) is 12.7 Å². The highest BCUT2D eigenvalue weighted by Crippen LogP contribution is 2.36. The number of pyridine rings is 2. The van der Waals surface area contributed by atoms with E-state index in [4.69, 9.17) is 11.5 Å². The summed E-state index contributed by atoms with van der Waals surface area (Å²) in [5.74, 6) is -1.28. The second-order valence-corrected chi connectivity index (χ2v) is 8.38. The molecule has 9 nitrogen and oxygen atoms in total. The Balaban J connectivity index is 1.69. The SMILES string of the molecule is Cc1cnn(-c2cncc(Nc3nc(NC4([C@H](C)N)CCCC4)c(F)cc3C(N)=O)c2)c1. The van der Waals surface area contributed by atoms with E-state index in [1.165, 1.54) is 0 Å². The fraction of sp³-hybridized carbons (Fsp3) is 0.364. The summed E-state index contributed by atoms with van der Waals surface area (Å²) in [6.45, 7) is 3.84. The largest absolute Gasteiger partial charge is 0.365 e. The molecule has 3 heterocycles. The second-order valence-electron chi connectivity index (χ2n) is 8.38. The van der Waals surface area contributed by atoms with Crippen molar-refractivity contribution < 1.29 is 9.18 Å². The summed E-state index contributed by atoms with van der Waals surface area (Å²) < 4.78 is 16.6. The maximum Gasteiger partial charge on any atom is 0.252 e. The number of aryl methyl sites for hydroxylation is 1. The van der Waals surface area contributed by atoms with Gasteiger partial charge in [-0.25, -0.2) is 14.1 Å². The summed E-state index contributed by atoms with van der Waals surface area (Å²) in [6, 6.07) is 2.69. The van der Waals surface area contributed by atoms with Crippen molar-refractivity contribution in [2.45, 2.75) is 51.1 Å². The van der Waals surface area contributed by atoms with Crippen molar-refractivity contribution >= 4 is 23.2 Å². The topological polar surface area (TPSA) is 137 Å². The van der Waals surface area contributed by atoms with Gasteiger partial charge in [0.2, 0.25) is 0 Å². The quantitative estimate of drug-likeness (QED) is 0.445. The molecule has 0 spiro atoms. The summed E-state index contributed by atoms with van der Waals surface area (Å²) in [6.07, 6.45) is 10.5. The molecule has 1 saturated carbocycles. The van der Waals surface area contributed by atoms with Crippen molar-refractivity contribution in [1.29, 1.82) is 0 Å². The molecule has 0 radical (unpaired) electrons. The number of anilines is 3. The van der Waals surface area contributed by atoms with E-state index in [0.717, 1.165) is 37.3 Å². The first kappa shape index (κ1) is 21.7. The highest BCUT2D eigenvalue weighted by molar-refractivity contribution is 5.98. The van der Waals surface area contributed by atoms with Gasteiger partial charge in [0.1, 0.15) is 5.82 Å². The molecule has 1 aliphatic rings. The first-order chi connectivity index (χ1) is 15.3. The van der Waals surface area contributed by atoms with Gasteiger partial charge in [-0.05, 0) is 44.4 Å². The molecule has 10 heteroatoms. The fourth-order valence-corrected chi connectivity index (χ4v) is 4.11. The van der Waals surface area contributed by atoms with Crippen molar-refractivity contribution in [3.8, 4) is 5.69 Å². The lowest BCUT2D eigenvalue weighted by atomic mass is 9.89. The normalized spacial score (nSPS) is 16.0. The van der Waals surface area contributed by atoms with Gasteiger partial charge >= 0.3 is 0 Å². The third-order valence-corrected chi connectivity index (χ3v) is 5.94. The van der Waals surface area contributed by atoms with E-state index in [1.54, 1.807) is 29.3 Å². The van der Waals surface area contributed by atoms with Crippen LogP contribution >= 0.6 is 0 Å². The number of nitrogens with zero attached hydrogens (tertiary/aromatic N) is 4. The molecule has 1 amide bonds. The number of hydrogen-bond donors (Lipinski definition) is 4. The summed E-state index contributed by atoms with van der Waals surface area (Å²) in [7, 11) is 0. The molecular formula is C22H27FN8O. The number of nitrogens with one attached hydrogen (secondary N) is 2. The molecule has 0 aliphatic heterocycles. The third-order valence-electron chi connectivity index (χ3n) is 5.94. The number of hydrogen-bond acceptors (Lipinski definition) is 7. The number of halogens is 1. The fourth-order valence-electron chi connectivity index (χ4n) is 4.11. The van der Waals surface area contributed by atoms with Crippen molar-refractivity contribution in [3.63, 3.8) is 0 Å². The first-order valence-corrected chi connectivity index (χ1v) is 10.6. The molecule has 32 heavy (non-hydrogen) atoms. The van der Waals surface area contributed by atoms with Gasteiger partial charge < -0.3 is 22.1 Å². The lowest BCUT2D eigenvalue weighted by Gasteiger charge is -2.35. The second kappa shape index (κ2) is 8.54. The molecule has 168 valence electrons. The van der Waals surface area contributed by atoms with Crippen LogP contribution in [0.2, 0.25) is 0 Å². The molecule has 1 atom stereocenters. The number of rotatable bonds is 7. The number of amides is 1. The Bertz CT molecular complexity index is 1140. The molecule has 3 aromatic rings. The molecule has 0 unspecified atom stereocenters. The van der Waals surface area contributed by atoms with Gasteiger partial charge in [-0.1, -0.05) is 12.8 Å². The van der Waals surface area contributed by atoms with E-state index >= 15 is 0 Å². The molecule has 0 aromatic carbocycles. The third kappa shape index (κ3) is 4.26. The maximum atomic E-state index is 14.9. The summed E-state index contributed by atoms with van der Waals surface area (Å²) >= 11 is 0. The number of carbonyl (C=O) groups is 1. The Morgan fingerprint density at radius 3 is 2.59 bits per heavy atom. The number of aromatic nitrogens is 4. The van der Waals surface area contributed by atoms with E-state index < -0.39 is 17.3 Å². The van der Waals surface area contributed by atoms with Gasteiger partial charge in [-0.15, -0.1) is 0 Å². The lowest BCUT2D eigenvalue weighted by molar-refractivity contribution is 0.100. The minimum Gasteiger partial charge on any atom is -0.365 e. The Labute approximate surface area is 185 Å². The lowest BCUT2D eigenvalue weighted by Crippen LogP contribution is -2.50. The molecule has 4 rings (SSSR count). The van der Waals surface area contributed by atoms with E-state index in [0.29, 0.717) is 11.4 Å². The summed E-state index contributed by atoms with van der Waals surface area (Å²) in [5, 5.41) is 10.5. The minimum atomic E-state index is -0.792. The molecule has 3 aromatic heterocycles. The van der Waals surface area contributed by atoms with Crippen LogP contribution in [-0.4, -0.2) is 37.2 Å². The van der Waals surface area contributed by atoms with Crippen molar-refractivity contribution in [1.82, 2.24) is 19.7 Å². The highest BCUT2D eigenvalue weighted by Gasteiger charge is 2.38. The van der Waals surface area contributed by atoms with Crippen LogP contribution < -0.4 is 22.1 Å². The standard InChI is InChI=1S/C22H27FN8O/c1-13-9-27-31(12-13)16-7-15(10-26-11-16)28-20-17(19(25)32)8-18(23)21(29-20)30-22(14(2)24)5-3-4-6-22/h7-12,14H,3-6,24H2,1-2H3,(H2,25,32)(H2,28,29,30)/t14-/m0/s1. The van der Waals surface area contributed by atoms with Gasteiger partial charge in [0.15, 0.2) is 11.6 Å². The molecular weight excluding hydrogens is 411 g/mol. The van der Waals surface area contributed by atoms with Crippen LogP contribution in [-0.2, 0) is 0 Å². The molecule has 0 bridgehead atoms. The van der Waals surface area contributed by atoms with Crippen molar-refractivity contribution in [3.05, 3.63) is 53.9 Å². The van der Waals surface area contributed by atoms with Gasteiger partial charge in [0.25, 0.3) is 5.91 Å². The van der Waals surface area contributed by atoms with Gasteiger partial charge in [0.05, 0.1) is 41.1 Å². The van der Waals surface area contributed by atoms with Crippen LogP contribution in [0.25, 0.3) is 5.69 Å². The van der Waals surface area contributed by atoms with Gasteiger partial charge in [-0.3, -0.25) is 9.78 Å². The molecule has 6 N–H and O–H groups in total. The van der Waals surface area contributed by atoms with E-state index in [9.17, 15) is 9.18 Å². The monoisotopic (exact) mass is 438 g/mol. The number of carbonyl (C=O) groups excluding carboxylic acids is 1.